The molecule has 0 fully saturated rings. The van der Waals surface area contributed by atoms with Gasteiger partial charge in [0.15, 0.2) is 6.10 Å². The number of hydrogen-bond acceptors (Lipinski definition) is 5. The monoisotopic (exact) mass is 480 g/mol. The third-order valence-corrected chi connectivity index (χ3v) is 7.28. The minimum Gasteiger partial charge on any atom is -0.492 e. The van der Waals surface area contributed by atoms with Gasteiger partial charge in [-0.25, -0.2) is 8.42 Å². The minimum atomic E-state index is -3.86. The molecule has 0 radical (unpaired) electrons. The number of nitrogens with one attached hydrogen (secondary N) is 1. The molecule has 1 aliphatic heterocycles. The molecule has 1 amide bonds. The molecule has 34 heavy (non-hydrogen) atoms. The number of para-hydroxylation sites is 2. The van der Waals surface area contributed by atoms with Crippen LogP contribution in [0.1, 0.15) is 18.9 Å². The van der Waals surface area contributed by atoms with Gasteiger partial charge >= 0.3 is 0 Å². The zero-order chi connectivity index (χ0) is 24.0. The smallest absolute Gasteiger partial charge is 0.264 e. The number of aryl methyl sites for hydroxylation is 1. The standard InChI is InChI=1S/C26H28N2O5S/c1-2-8-20-13-15-21(16-14-20)32-18-17-27-26(29)25-19-28(23-11-6-7-12-24(23)33-25)34(30,31)22-9-4-3-5-10-22/h3-7,9-16,25H,2,8,17-19H2,1H3,(H,27,29)/t25-/m0/s1. The molecule has 8 heteroatoms. The number of hydrogen-bond donors (Lipinski definition) is 1. The van der Waals surface area contributed by atoms with Crippen LogP contribution in [0.2, 0.25) is 0 Å². The number of sulfonamides is 1. The Morgan fingerprint density at radius 3 is 2.47 bits per heavy atom. The number of amides is 1. The molecule has 0 saturated heterocycles. The van der Waals surface area contributed by atoms with Crippen molar-refractivity contribution in [3.63, 3.8) is 0 Å². The molecule has 3 aromatic rings. The van der Waals surface area contributed by atoms with Crippen molar-refractivity contribution in [2.24, 2.45) is 0 Å². The quantitative estimate of drug-likeness (QED) is 0.471. The first kappa shape index (κ1) is 23.6. The summed E-state index contributed by atoms with van der Waals surface area (Å²) in [7, 11) is -3.86. The molecule has 1 heterocycles. The molecule has 0 unspecified atom stereocenters. The Morgan fingerprint density at radius 1 is 1.03 bits per heavy atom. The van der Waals surface area contributed by atoms with Crippen LogP contribution >= 0.6 is 0 Å². The molecule has 1 N–H and O–H groups in total. The van der Waals surface area contributed by atoms with E-state index in [0.717, 1.165) is 18.6 Å². The number of nitrogens with zero attached hydrogens (tertiary/aromatic N) is 1. The van der Waals surface area contributed by atoms with E-state index in [2.05, 4.69) is 12.2 Å². The van der Waals surface area contributed by atoms with E-state index >= 15 is 0 Å². The highest BCUT2D eigenvalue weighted by Gasteiger charge is 2.37. The summed E-state index contributed by atoms with van der Waals surface area (Å²) in [6.45, 7) is 2.56. The molecule has 0 saturated carbocycles. The first-order valence-electron chi connectivity index (χ1n) is 11.3. The fraction of sp³-hybridized carbons (Fsp3) is 0.269. The lowest BCUT2D eigenvalue weighted by Gasteiger charge is -2.34. The van der Waals surface area contributed by atoms with Crippen molar-refractivity contribution in [3.05, 3.63) is 84.4 Å². The van der Waals surface area contributed by atoms with Crippen LogP contribution in [0.15, 0.2) is 83.8 Å². The van der Waals surface area contributed by atoms with Crippen LogP contribution < -0.4 is 19.1 Å². The number of benzene rings is 3. The highest BCUT2D eigenvalue weighted by Crippen LogP contribution is 2.36. The number of fused-ring (bicyclic) bond motifs is 1. The topological polar surface area (TPSA) is 84.9 Å². The molecule has 4 rings (SSSR count). The summed E-state index contributed by atoms with van der Waals surface area (Å²) in [5.41, 5.74) is 1.66. The second kappa shape index (κ2) is 10.6. The predicted octanol–water partition coefficient (Wildman–Crippen LogP) is 3.79. The highest BCUT2D eigenvalue weighted by molar-refractivity contribution is 7.92. The number of rotatable bonds is 9. The van der Waals surface area contributed by atoms with Crippen molar-refractivity contribution in [1.29, 1.82) is 0 Å². The Balaban J connectivity index is 1.39. The highest BCUT2D eigenvalue weighted by atomic mass is 32.2. The Hall–Kier alpha value is -3.52. The first-order chi connectivity index (χ1) is 16.5. The van der Waals surface area contributed by atoms with E-state index in [4.69, 9.17) is 9.47 Å². The second-order valence-electron chi connectivity index (χ2n) is 7.96. The van der Waals surface area contributed by atoms with Crippen LogP contribution in [0.3, 0.4) is 0 Å². The summed E-state index contributed by atoms with van der Waals surface area (Å²) in [5, 5.41) is 2.79. The van der Waals surface area contributed by atoms with Crippen molar-refractivity contribution in [1.82, 2.24) is 5.32 Å². The molecule has 1 atom stereocenters. The van der Waals surface area contributed by atoms with E-state index in [1.165, 1.54) is 22.0 Å². The summed E-state index contributed by atoms with van der Waals surface area (Å²) in [5.74, 6) is 0.679. The predicted molar refractivity (Wildman–Crippen MR) is 131 cm³/mol. The van der Waals surface area contributed by atoms with E-state index in [-0.39, 0.29) is 24.6 Å². The largest absolute Gasteiger partial charge is 0.492 e. The molecule has 0 aromatic heterocycles. The molecule has 1 aliphatic rings. The van der Waals surface area contributed by atoms with Crippen LogP contribution in [0.4, 0.5) is 5.69 Å². The third kappa shape index (κ3) is 5.34. The summed E-state index contributed by atoms with van der Waals surface area (Å²) in [4.78, 5) is 13.0. The lowest BCUT2D eigenvalue weighted by molar-refractivity contribution is -0.127. The summed E-state index contributed by atoms with van der Waals surface area (Å²) < 4.78 is 39.4. The van der Waals surface area contributed by atoms with Gasteiger partial charge < -0.3 is 14.8 Å². The van der Waals surface area contributed by atoms with Crippen molar-refractivity contribution in [2.75, 3.05) is 24.0 Å². The Kier molecular flexibility index (Phi) is 7.37. The Labute approximate surface area is 200 Å². The van der Waals surface area contributed by atoms with Gasteiger partial charge in [-0.2, -0.15) is 0 Å². The molecule has 7 nitrogen and oxygen atoms in total. The van der Waals surface area contributed by atoms with Gasteiger partial charge in [0.25, 0.3) is 15.9 Å². The first-order valence-corrected chi connectivity index (χ1v) is 12.8. The third-order valence-electron chi connectivity index (χ3n) is 5.49. The Morgan fingerprint density at radius 2 is 1.74 bits per heavy atom. The van der Waals surface area contributed by atoms with E-state index in [1.54, 1.807) is 42.5 Å². The number of carbonyl (C=O) groups excluding carboxylic acids is 1. The lowest BCUT2D eigenvalue weighted by Crippen LogP contribution is -2.51. The van der Waals surface area contributed by atoms with Gasteiger partial charge in [0.1, 0.15) is 18.1 Å². The zero-order valence-corrected chi connectivity index (χ0v) is 19.8. The lowest BCUT2D eigenvalue weighted by atomic mass is 10.1. The van der Waals surface area contributed by atoms with Crippen molar-refractivity contribution in [2.45, 2.75) is 30.8 Å². The van der Waals surface area contributed by atoms with Gasteiger partial charge in [-0.15, -0.1) is 0 Å². The zero-order valence-electron chi connectivity index (χ0n) is 19.0. The number of carbonyl (C=O) groups is 1. The van der Waals surface area contributed by atoms with Gasteiger partial charge in [0.2, 0.25) is 0 Å². The molecular weight excluding hydrogens is 452 g/mol. The summed E-state index contributed by atoms with van der Waals surface area (Å²) in [6.07, 6.45) is 1.13. The molecule has 0 spiro atoms. The van der Waals surface area contributed by atoms with Gasteiger partial charge in [0, 0.05) is 0 Å². The average molecular weight is 481 g/mol. The Bertz CT molecular complexity index is 1210. The van der Waals surface area contributed by atoms with Crippen LogP contribution in [0.25, 0.3) is 0 Å². The van der Waals surface area contributed by atoms with Gasteiger partial charge in [-0.3, -0.25) is 9.10 Å². The van der Waals surface area contributed by atoms with Gasteiger partial charge in [-0.05, 0) is 48.4 Å². The molecule has 0 bridgehead atoms. The second-order valence-corrected chi connectivity index (χ2v) is 9.82. The molecule has 178 valence electrons. The van der Waals surface area contributed by atoms with E-state index in [1.807, 2.05) is 24.3 Å². The summed E-state index contributed by atoms with van der Waals surface area (Å²) >= 11 is 0. The average Bonchev–Trinajstić information content (AvgIpc) is 2.87. The van der Waals surface area contributed by atoms with Crippen LogP contribution in [-0.2, 0) is 21.2 Å². The van der Waals surface area contributed by atoms with Crippen molar-refractivity contribution < 1.29 is 22.7 Å². The molecule has 0 aliphatic carbocycles. The number of anilines is 1. The fourth-order valence-corrected chi connectivity index (χ4v) is 5.28. The van der Waals surface area contributed by atoms with E-state index in [0.29, 0.717) is 11.4 Å². The fourth-order valence-electron chi connectivity index (χ4n) is 3.78. The van der Waals surface area contributed by atoms with E-state index in [9.17, 15) is 13.2 Å². The minimum absolute atomic E-state index is 0.125. The molecule has 3 aromatic carbocycles. The normalized spacial score (nSPS) is 15.2. The SMILES string of the molecule is CCCc1ccc(OCCNC(=O)[C@@H]2CN(S(=O)(=O)c3ccccc3)c3ccccc3O2)cc1. The summed E-state index contributed by atoms with van der Waals surface area (Å²) in [6, 6.07) is 22.9. The van der Waals surface area contributed by atoms with Crippen molar-refractivity contribution in [3.8, 4) is 11.5 Å². The van der Waals surface area contributed by atoms with Crippen LogP contribution in [-0.4, -0.2) is 40.1 Å². The van der Waals surface area contributed by atoms with Gasteiger partial charge in [0.05, 0.1) is 23.7 Å². The van der Waals surface area contributed by atoms with Crippen LogP contribution in [0.5, 0.6) is 11.5 Å². The number of ether oxygens (including phenoxy) is 2. The van der Waals surface area contributed by atoms with Crippen LogP contribution in [0, 0.1) is 0 Å². The van der Waals surface area contributed by atoms with Crippen molar-refractivity contribution >= 4 is 21.6 Å². The van der Waals surface area contributed by atoms with E-state index < -0.39 is 22.0 Å². The van der Waals surface area contributed by atoms with Gasteiger partial charge in [-0.1, -0.05) is 55.8 Å². The maximum absolute atomic E-state index is 13.3. The maximum Gasteiger partial charge on any atom is 0.264 e. The molecular formula is C26H28N2O5S. The maximum atomic E-state index is 13.3.